The van der Waals surface area contributed by atoms with Crippen molar-refractivity contribution >= 4 is 49.4 Å². The first-order chi connectivity index (χ1) is 9.90. The largest absolute Gasteiger partial charge is 0.344 e. The Hall–Kier alpha value is -0.880. The van der Waals surface area contributed by atoms with Gasteiger partial charge >= 0.3 is 0 Å². The van der Waals surface area contributed by atoms with Gasteiger partial charge in [0, 0.05) is 21.9 Å². The number of hydrogen-bond donors (Lipinski definition) is 1. The van der Waals surface area contributed by atoms with Crippen LogP contribution in [0.15, 0.2) is 27.1 Å². The molecule has 6 heteroatoms. The van der Waals surface area contributed by atoms with Gasteiger partial charge < -0.3 is 10.2 Å². The smallest absolute Gasteiger partial charge is 0.249 e. The van der Waals surface area contributed by atoms with Gasteiger partial charge in [-0.25, -0.2) is 0 Å². The summed E-state index contributed by atoms with van der Waals surface area (Å²) < 4.78 is 1.67. The molecule has 0 spiro atoms. The molecule has 1 unspecified atom stereocenters. The molecule has 1 heterocycles. The van der Waals surface area contributed by atoms with E-state index < -0.39 is 6.04 Å². The molecule has 2 amide bonds. The van der Waals surface area contributed by atoms with Gasteiger partial charge in [-0.2, -0.15) is 0 Å². The highest BCUT2D eigenvalue weighted by molar-refractivity contribution is 9.11. The summed E-state index contributed by atoms with van der Waals surface area (Å²) in [5.74, 6) is 0.212. The van der Waals surface area contributed by atoms with Gasteiger partial charge in [0.15, 0.2) is 0 Å². The second kappa shape index (κ2) is 6.92. The molecule has 21 heavy (non-hydrogen) atoms. The molecule has 4 nitrogen and oxygen atoms in total. The van der Waals surface area contributed by atoms with E-state index >= 15 is 0 Å². The normalized spacial score (nSPS) is 19.7. The Bertz CT molecular complexity index is 540. The van der Waals surface area contributed by atoms with Crippen molar-refractivity contribution in [1.82, 2.24) is 5.32 Å². The fourth-order valence-corrected chi connectivity index (χ4v) is 3.87. The first-order valence-corrected chi connectivity index (χ1v) is 8.53. The molecule has 2 rings (SSSR count). The highest BCUT2D eigenvalue weighted by Gasteiger charge is 2.32. The van der Waals surface area contributed by atoms with Gasteiger partial charge in [-0.05, 0) is 56.3 Å². The molecule has 1 aliphatic heterocycles. The Balaban J connectivity index is 2.37. The summed E-state index contributed by atoms with van der Waals surface area (Å²) >= 11 is 6.98. The number of benzene rings is 1. The molecule has 1 N–H and O–H groups in total. The molecule has 0 aromatic heterocycles. The topological polar surface area (TPSA) is 49.4 Å². The molecule has 1 atom stereocenters. The number of rotatable bonds is 3. The van der Waals surface area contributed by atoms with E-state index in [1.54, 1.807) is 4.90 Å². The van der Waals surface area contributed by atoms with Crippen molar-refractivity contribution in [3.05, 3.63) is 27.1 Å². The number of hydrogen-bond acceptors (Lipinski definition) is 2. The summed E-state index contributed by atoms with van der Waals surface area (Å²) in [7, 11) is 0. The van der Waals surface area contributed by atoms with Gasteiger partial charge in [-0.3, -0.25) is 9.59 Å². The Morgan fingerprint density at radius 2 is 1.90 bits per heavy atom. The van der Waals surface area contributed by atoms with Crippen molar-refractivity contribution in [3.63, 3.8) is 0 Å². The molecular formula is C15H18Br2N2O2. The minimum atomic E-state index is -0.459. The van der Waals surface area contributed by atoms with Gasteiger partial charge in [0.25, 0.3) is 0 Å². The zero-order chi connectivity index (χ0) is 15.6. The summed E-state index contributed by atoms with van der Waals surface area (Å²) in [5, 5.41) is 2.84. The molecule has 0 saturated carbocycles. The minimum absolute atomic E-state index is 0.0536. The first-order valence-electron chi connectivity index (χ1n) is 6.95. The van der Waals surface area contributed by atoms with E-state index in [0.717, 1.165) is 14.6 Å². The van der Waals surface area contributed by atoms with Crippen LogP contribution in [0.4, 0.5) is 5.69 Å². The third-order valence-electron chi connectivity index (χ3n) is 3.38. The molecular weight excluding hydrogens is 400 g/mol. The maximum atomic E-state index is 12.8. The van der Waals surface area contributed by atoms with Gasteiger partial charge in [-0.1, -0.05) is 19.9 Å². The first kappa shape index (κ1) is 16.5. The van der Waals surface area contributed by atoms with Crippen LogP contribution in [0.5, 0.6) is 0 Å². The van der Waals surface area contributed by atoms with Crippen LogP contribution in [0, 0.1) is 5.92 Å². The zero-order valence-electron chi connectivity index (χ0n) is 12.0. The summed E-state index contributed by atoms with van der Waals surface area (Å²) in [5.41, 5.74) is 0.785. The van der Waals surface area contributed by atoms with Gasteiger partial charge in [-0.15, -0.1) is 0 Å². The van der Waals surface area contributed by atoms with Gasteiger partial charge in [0.1, 0.15) is 6.04 Å². The van der Waals surface area contributed by atoms with Crippen LogP contribution in [0.2, 0.25) is 0 Å². The average molecular weight is 418 g/mol. The van der Waals surface area contributed by atoms with E-state index in [0.29, 0.717) is 25.3 Å². The standard InChI is InChI=1S/C15H18Br2N2O2/c1-9(2)8-12-15(21)19(7-6-13(20)18-12)14-10(16)4-3-5-11(14)17/h3-5,9,12H,6-8H2,1-2H3,(H,18,20). The van der Waals surface area contributed by atoms with E-state index in [1.807, 2.05) is 32.0 Å². The lowest BCUT2D eigenvalue weighted by molar-refractivity contribution is -0.125. The number of nitrogens with zero attached hydrogens (tertiary/aromatic N) is 1. The fourth-order valence-electron chi connectivity index (χ4n) is 2.44. The van der Waals surface area contributed by atoms with Crippen LogP contribution < -0.4 is 10.2 Å². The third kappa shape index (κ3) is 3.86. The van der Waals surface area contributed by atoms with E-state index in [9.17, 15) is 9.59 Å². The summed E-state index contributed by atoms with van der Waals surface area (Å²) in [6, 6.07) is 5.23. The van der Waals surface area contributed by atoms with Crippen LogP contribution in [-0.4, -0.2) is 24.4 Å². The summed E-state index contributed by atoms with van der Waals surface area (Å²) in [6.45, 7) is 4.48. The van der Waals surface area contributed by atoms with Crippen LogP contribution in [0.25, 0.3) is 0 Å². The minimum Gasteiger partial charge on any atom is -0.344 e. The third-order valence-corrected chi connectivity index (χ3v) is 4.66. The van der Waals surface area contributed by atoms with E-state index in [1.165, 1.54) is 0 Å². The maximum Gasteiger partial charge on any atom is 0.249 e. The summed E-state index contributed by atoms with van der Waals surface area (Å²) in [6.07, 6.45) is 0.956. The molecule has 1 aromatic rings. The average Bonchev–Trinajstić information content (AvgIpc) is 2.51. The number of anilines is 1. The van der Waals surface area contributed by atoms with Crippen molar-refractivity contribution < 1.29 is 9.59 Å². The quantitative estimate of drug-likeness (QED) is 0.818. The zero-order valence-corrected chi connectivity index (χ0v) is 15.2. The predicted molar refractivity (Wildman–Crippen MR) is 90.2 cm³/mol. The number of halogens is 2. The van der Waals surface area contributed by atoms with E-state index in [4.69, 9.17) is 0 Å². The Kier molecular flexibility index (Phi) is 5.43. The number of nitrogens with one attached hydrogen (secondary N) is 1. The van der Waals surface area contributed by atoms with E-state index in [-0.39, 0.29) is 11.8 Å². The molecule has 1 saturated heterocycles. The van der Waals surface area contributed by atoms with Crippen molar-refractivity contribution in [2.75, 3.05) is 11.4 Å². The highest BCUT2D eigenvalue weighted by atomic mass is 79.9. The second-order valence-corrected chi connectivity index (χ2v) is 7.27. The molecule has 1 aromatic carbocycles. The number of carbonyl (C=O) groups is 2. The highest BCUT2D eigenvalue weighted by Crippen LogP contribution is 2.35. The van der Waals surface area contributed by atoms with Gasteiger partial charge in [0.2, 0.25) is 11.8 Å². The molecule has 114 valence electrons. The fraction of sp³-hybridized carbons (Fsp3) is 0.467. The molecule has 0 bridgehead atoms. The Morgan fingerprint density at radius 1 is 1.29 bits per heavy atom. The number of carbonyl (C=O) groups excluding carboxylic acids is 2. The van der Waals surface area contributed by atoms with Crippen molar-refractivity contribution in [2.24, 2.45) is 5.92 Å². The number of amides is 2. The van der Waals surface area contributed by atoms with Crippen LogP contribution >= 0.6 is 31.9 Å². The van der Waals surface area contributed by atoms with Crippen molar-refractivity contribution in [1.29, 1.82) is 0 Å². The monoisotopic (exact) mass is 416 g/mol. The lowest BCUT2D eigenvalue weighted by Gasteiger charge is -2.26. The molecule has 1 fully saturated rings. The predicted octanol–water partition coefficient (Wildman–Crippen LogP) is 3.48. The van der Waals surface area contributed by atoms with E-state index in [2.05, 4.69) is 37.2 Å². The van der Waals surface area contributed by atoms with Crippen molar-refractivity contribution in [2.45, 2.75) is 32.7 Å². The molecule has 0 radical (unpaired) electrons. The SMILES string of the molecule is CC(C)CC1NC(=O)CCN(c2c(Br)cccc2Br)C1=O. The Morgan fingerprint density at radius 3 is 2.48 bits per heavy atom. The van der Waals surface area contributed by atoms with Gasteiger partial charge in [0.05, 0.1) is 5.69 Å². The maximum absolute atomic E-state index is 12.8. The van der Waals surface area contributed by atoms with Crippen LogP contribution in [0.1, 0.15) is 26.7 Å². The molecule has 1 aliphatic rings. The lowest BCUT2D eigenvalue weighted by Crippen LogP contribution is -2.45. The Labute approximate surface area is 141 Å². The summed E-state index contributed by atoms with van der Waals surface area (Å²) in [4.78, 5) is 26.3. The second-order valence-electron chi connectivity index (χ2n) is 5.56. The van der Waals surface area contributed by atoms with Crippen LogP contribution in [-0.2, 0) is 9.59 Å². The lowest BCUT2D eigenvalue weighted by atomic mass is 10.0. The molecule has 0 aliphatic carbocycles. The van der Waals surface area contributed by atoms with Crippen molar-refractivity contribution in [3.8, 4) is 0 Å². The number of para-hydroxylation sites is 1. The van der Waals surface area contributed by atoms with Crippen LogP contribution in [0.3, 0.4) is 0 Å².